The Labute approximate surface area is 342 Å². The Balaban J connectivity index is 1.07. The molecule has 0 bridgehead atoms. The van der Waals surface area contributed by atoms with Crippen molar-refractivity contribution in [2.75, 3.05) is 0 Å². The second-order valence-corrected chi connectivity index (χ2v) is 15.6. The number of nitrogens with zero attached hydrogens (tertiary/aromatic N) is 1. The molecule has 0 saturated carbocycles. The zero-order valence-electron chi connectivity index (χ0n) is 33.7. The van der Waals surface area contributed by atoms with Crippen molar-refractivity contribution in [3.05, 3.63) is 216 Å². The fourth-order valence-corrected chi connectivity index (χ4v) is 8.65. The van der Waals surface area contributed by atoms with E-state index in [1.54, 1.807) is 0 Å². The molecule has 9 aromatic rings. The summed E-state index contributed by atoms with van der Waals surface area (Å²) in [5, 5.41) is 10.6. The topological polar surface area (TPSA) is 29.0 Å². The van der Waals surface area contributed by atoms with Gasteiger partial charge >= 0.3 is 0 Å². The van der Waals surface area contributed by atoms with E-state index in [1.807, 2.05) is 0 Å². The molecule has 3 unspecified atom stereocenters. The highest BCUT2D eigenvalue weighted by Gasteiger charge is 2.25. The molecule has 1 heterocycles. The van der Waals surface area contributed by atoms with Crippen molar-refractivity contribution in [3.63, 3.8) is 0 Å². The zero-order valence-corrected chi connectivity index (χ0v) is 33.7. The number of hydrogen-bond donors (Lipinski definition) is 2. The predicted octanol–water partition coefficient (Wildman–Crippen LogP) is 14.2. The molecule has 0 spiro atoms. The Kier molecular flexibility index (Phi) is 10.3. The average Bonchev–Trinajstić information content (AvgIpc) is 3.62. The van der Waals surface area contributed by atoms with Crippen molar-refractivity contribution < 1.29 is 0 Å². The van der Waals surface area contributed by atoms with Gasteiger partial charge in [-0.05, 0) is 113 Å². The number of rotatable bonds is 11. The van der Waals surface area contributed by atoms with Crippen LogP contribution in [0.5, 0.6) is 0 Å². The van der Waals surface area contributed by atoms with Gasteiger partial charge in [-0.3, -0.25) is 10.6 Å². The van der Waals surface area contributed by atoms with Crippen LogP contribution in [0.2, 0.25) is 0 Å². The first-order valence-electron chi connectivity index (χ1n) is 20.4. The Bertz CT molecular complexity index is 2840. The number of aryl methyl sites for hydroxylation is 2. The molecule has 0 aliphatic heterocycles. The van der Waals surface area contributed by atoms with Gasteiger partial charge in [-0.1, -0.05) is 176 Å². The normalized spacial score (nSPS) is 13.1. The maximum Gasteiger partial charge on any atom is 0.140 e. The smallest absolute Gasteiger partial charge is 0.140 e. The number of para-hydroxylation sites is 1. The molecule has 3 atom stereocenters. The summed E-state index contributed by atoms with van der Waals surface area (Å²) in [6, 6.07) is 70.4. The quantitative estimate of drug-likeness (QED) is 0.129. The number of benzene rings is 8. The van der Waals surface area contributed by atoms with Crippen LogP contribution in [0.1, 0.15) is 54.5 Å². The standard InChI is InChI=1S/C55H49N3/c1-37-17-11-12-26-49(37)50-33-34-52-51-27-13-14-28-53(51)58(54(52)38(50)2)55(56-39(3)41-18-7-5-8-19-41)57-40(4)42-29-31-44(32-30-42)46-23-16-25-48(36-46)47-24-15-22-45(35-47)43-20-9-6-10-21-43/h5-36,39-40,55-57H,1-4H3. The van der Waals surface area contributed by atoms with E-state index in [0.717, 1.165) is 0 Å². The second-order valence-electron chi connectivity index (χ2n) is 15.6. The maximum atomic E-state index is 4.08. The molecule has 0 aliphatic rings. The van der Waals surface area contributed by atoms with E-state index in [-0.39, 0.29) is 18.4 Å². The van der Waals surface area contributed by atoms with Crippen molar-refractivity contribution in [1.29, 1.82) is 0 Å². The number of fused-ring (bicyclic) bond motifs is 3. The van der Waals surface area contributed by atoms with E-state index >= 15 is 0 Å². The Morgan fingerprint density at radius 1 is 0.397 bits per heavy atom. The number of hydrogen-bond acceptors (Lipinski definition) is 2. The third-order valence-corrected chi connectivity index (χ3v) is 11.8. The first-order valence-corrected chi connectivity index (χ1v) is 20.4. The van der Waals surface area contributed by atoms with Crippen LogP contribution < -0.4 is 10.6 Å². The highest BCUT2D eigenvalue weighted by Crippen LogP contribution is 2.39. The molecule has 1 aromatic heterocycles. The van der Waals surface area contributed by atoms with Gasteiger partial charge in [-0.2, -0.15) is 0 Å². The van der Waals surface area contributed by atoms with Gasteiger partial charge in [0.2, 0.25) is 0 Å². The Morgan fingerprint density at radius 3 is 1.53 bits per heavy atom. The van der Waals surface area contributed by atoms with Crippen LogP contribution >= 0.6 is 0 Å². The van der Waals surface area contributed by atoms with Gasteiger partial charge in [-0.25, -0.2) is 0 Å². The lowest BCUT2D eigenvalue weighted by atomic mass is 9.95. The zero-order chi connectivity index (χ0) is 39.6. The summed E-state index contributed by atoms with van der Waals surface area (Å²) < 4.78 is 2.50. The molecule has 0 saturated heterocycles. The van der Waals surface area contributed by atoms with Crippen LogP contribution in [0.4, 0.5) is 0 Å². The summed E-state index contributed by atoms with van der Waals surface area (Å²) in [7, 11) is 0. The molecule has 2 N–H and O–H groups in total. The fraction of sp³-hybridized carbons (Fsp3) is 0.127. The van der Waals surface area contributed by atoms with Crippen LogP contribution in [0.3, 0.4) is 0 Å². The van der Waals surface area contributed by atoms with E-state index in [4.69, 9.17) is 0 Å². The third kappa shape index (κ3) is 7.27. The SMILES string of the molecule is Cc1ccccc1-c1ccc2c3ccccc3n(C(NC(C)c3ccccc3)NC(C)c3ccc(-c4cccc(-c5cccc(-c6ccccc6)c5)c4)cc3)c2c1C. The Morgan fingerprint density at radius 2 is 0.897 bits per heavy atom. The molecule has 0 aliphatic carbocycles. The van der Waals surface area contributed by atoms with Gasteiger partial charge in [0.1, 0.15) is 6.29 Å². The lowest BCUT2D eigenvalue weighted by Gasteiger charge is -2.31. The lowest BCUT2D eigenvalue weighted by molar-refractivity contribution is 0.288. The highest BCUT2D eigenvalue weighted by molar-refractivity contribution is 6.10. The van der Waals surface area contributed by atoms with E-state index in [2.05, 4.69) is 237 Å². The largest absolute Gasteiger partial charge is 0.311 e. The number of aromatic nitrogens is 1. The van der Waals surface area contributed by atoms with Gasteiger partial charge in [-0.15, -0.1) is 0 Å². The van der Waals surface area contributed by atoms with Crippen LogP contribution in [-0.2, 0) is 0 Å². The molecule has 284 valence electrons. The van der Waals surface area contributed by atoms with Crippen molar-refractivity contribution in [2.24, 2.45) is 0 Å². The summed E-state index contributed by atoms with van der Waals surface area (Å²) in [6.45, 7) is 9.02. The van der Waals surface area contributed by atoms with Gasteiger partial charge in [0.05, 0.1) is 11.0 Å². The molecule has 0 fully saturated rings. The monoisotopic (exact) mass is 751 g/mol. The number of nitrogens with one attached hydrogen (secondary N) is 2. The second kappa shape index (κ2) is 16.1. The van der Waals surface area contributed by atoms with Gasteiger partial charge in [0.15, 0.2) is 0 Å². The summed E-state index contributed by atoms with van der Waals surface area (Å²) in [5.74, 6) is 0. The van der Waals surface area contributed by atoms with E-state index < -0.39 is 0 Å². The molecule has 0 radical (unpaired) electrons. The first kappa shape index (κ1) is 37.1. The van der Waals surface area contributed by atoms with Crippen LogP contribution in [0.15, 0.2) is 194 Å². The predicted molar refractivity (Wildman–Crippen MR) is 246 cm³/mol. The lowest BCUT2D eigenvalue weighted by Crippen LogP contribution is -2.41. The van der Waals surface area contributed by atoms with Crippen LogP contribution in [0, 0.1) is 13.8 Å². The molecule has 3 nitrogen and oxygen atoms in total. The fourth-order valence-electron chi connectivity index (χ4n) is 8.65. The molecular formula is C55H49N3. The summed E-state index contributed by atoms with van der Waals surface area (Å²) in [6.07, 6.45) is -0.221. The summed E-state index contributed by atoms with van der Waals surface area (Å²) in [5.41, 5.74) is 17.3. The highest BCUT2D eigenvalue weighted by atomic mass is 15.3. The first-order chi connectivity index (χ1) is 28.4. The maximum absolute atomic E-state index is 4.08. The van der Waals surface area contributed by atoms with Crippen LogP contribution in [0.25, 0.3) is 66.3 Å². The van der Waals surface area contributed by atoms with E-state index in [9.17, 15) is 0 Å². The van der Waals surface area contributed by atoms with Crippen molar-refractivity contribution in [1.82, 2.24) is 15.2 Å². The van der Waals surface area contributed by atoms with Crippen molar-refractivity contribution in [2.45, 2.75) is 46.1 Å². The molecule has 8 aromatic carbocycles. The summed E-state index contributed by atoms with van der Waals surface area (Å²) in [4.78, 5) is 0. The van der Waals surface area contributed by atoms with Crippen LogP contribution in [-0.4, -0.2) is 4.57 Å². The molecule has 9 rings (SSSR count). The van der Waals surface area contributed by atoms with Crippen molar-refractivity contribution >= 4 is 21.8 Å². The summed E-state index contributed by atoms with van der Waals surface area (Å²) >= 11 is 0. The van der Waals surface area contributed by atoms with Gasteiger partial charge < -0.3 is 4.57 Å². The van der Waals surface area contributed by atoms with Gasteiger partial charge in [0.25, 0.3) is 0 Å². The minimum Gasteiger partial charge on any atom is -0.311 e. The van der Waals surface area contributed by atoms with E-state index in [1.165, 1.54) is 88.6 Å². The Hall–Kier alpha value is -6.52. The average molecular weight is 752 g/mol. The van der Waals surface area contributed by atoms with Gasteiger partial charge in [0, 0.05) is 22.9 Å². The molecule has 3 heteroatoms. The molecule has 0 amide bonds. The molecule has 58 heavy (non-hydrogen) atoms. The third-order valence-electron chi connectivity index (χ3n) is 11.8. The molecular weight excluding hydrogens is 703 g/mol. The van der Waals surface area contributed by atoms with E-state index in [0.29, 0.717) is 0 Å². The van der Waals surface area contributed by atoms with Crippen molar-refractivity contribution in [3.8, 4) is 44.5 Å². The minimum atomic E-state index is -0.221. The minimum absolute atomic E-state index is 0.0395.